The molecule has 2 atom stereocenters. The Morgan fingerprint density at radius 2 is 2.00 bits per heavy atom. The number of thioether (sulfide) groups is 1. The van der Waals surface area contributed by atoms with E-state index in [1.165, 1.54) is 16.7 Å². The highest BCUT2D eigenvalue weighted by molar-refractivity contribution is 7.98. The number of aromatic amines is 1. The molecule has 0 saturated carbocycles. The lowest BCUT2D eigenvalue weighted by Gasteiger charge is -2.17. The average molecular weight is 285 g/mol. The van der Waals surface area contributed by atoms with Crippen molar-refractivity contribution in [1.29, 1.82) is 0 Å². The number of hydrogen-bond acceptors (Lipinski definition) is 6. The molecule has 2 heterocycles. The SMILES string of the molecule is CSc1nc(=O)[nH]c(C)c1C(=O)N1C[C@@H](O)[C@@H](O)C1. The van der Waals surface area contributed by atoms with Gasteiger partial charge in [-0.1, -0.05) is 0 Å². The van der Waals surface area contributed by atoms with E-state index < -0.39 is 17.9 Å². The summed E-state index contributed by atoms with van der Waals surface area (Å²) in [5.41, 5.74) is 0.249. The van der Waals surface area contributed by atoms with Gasteiger partial charge in [-0.3, -0.25) is 4.79 Å². The van der Waals surface area contributed by atoms with Crippen LogP contribution in [0.3, 0.4) is 0 Å². The van der Waals surface area contributed by atoms with Gasteiger partial charge in [-0.15, -0.1) is 11.8 Å². The second kappa shape index (κ2) is 5.32. The Bertz CT molecular complexity index is 549. The summed E-state index contributed by atoms with van der Waals surface area (Å²) in [6, 6.07) is 0. The fourth-order valence-corrected chi connectivity index (χ4v) is 2.67. The number of aryl methyl sites for hydroxylation is 1. The molecule has 7 nitrogen and oxygen atoms in total. The number of carbonyl (C=O) groups excluding carboxylic acids is 1. The number of carbonyl (C=O) groups is 1. The van der Waals surface area contributed by atoms with Gasteiger partial charge in [-0.25, -0.2) is 4.79 Å². The van der Waals surface area contributed by atoms with Crippen molar-refractivity contribution in [2.45, 2.75) is 24.2 Å². The zero-order valence-electron chi connectivity index (χ0n) is 10.6. The molecule has 1 aromatic heterocycles. The smallest absolute Gasteiger partial charge is 0.346 e. The van der Waals surface area contributed by atoms with Gasteiger partial charge in [0.2, 0.25) is 0 Å². The zero-order valence-corrected chi connectivity index (χ0v) is 11.4. The van der Waals surface area contributed by atoms with Gasteiger partial charge < -0.3 is 20.1 Å². The minimum absolute atomic E-state index is 0.0758. The first-order valence-electron chi connectivity index (χ1n) is 5.74. The van der Waals surface area contributed by atoms with E-state index >= 15 is 0 Å². The first kappa shape index (κ1) is 14.0. The van der Waals surface area contributed by atoms with E-state index in [4.69, 9.17) is 0 Å². The fraction of sp³-hybridized carbons (Fsp3) is 0.545. The summed E-state index contributed by atoms with van der Waals surface area (Å²) in [6.45, 7) is 1.78. The summed E-state index contributed by atoms with van der Waals surface area (Å²) < 4.78 is 0. The molecule has 0 radical (unpaired) electrons. The Morgan fingerprint density at radius 1 is 1.42 bits per heavy atom. The third-order valence-electron chi connectivity index (χ3n) is 3.04. The topological polar surface area (TPSA) is 107 Å². The third-order valence-corrected chi connectivity index (χ3v) is 3.72. The summed E-state index contributed by atoms with van der Waals surface area (Å²) in [4.78, 5) is 31.3. The Kier molecular flexibility index (Phi) is 3.93. The number of rotatable bonds is 2. The van der Waals surface area contributed by atoms with Crippen molar-refractivity contribution in [2.24, 2.45) is 0 Å². The molecule has 1 amide bonds. The molecule has 2 rings (SSSR count). The van der Waals surface area contributed by atoms with Crippen LogP contribution in [-0.4, -0.2) is 62.5 Å². The largest absolute Gasteiger partial charge is 0.388 e. The van der Waals surface area contributed by atoms with Crippen LogP contribution in [0.15, 0.2) is 9.82 Å². The Balaban J connectivity index is 2.37. The molecule has 1 aliphatic heterocycles. The van der Waals surface area contributed by atoms with Crippen LogP contribution in [0.4, 0.5) is 0 Å². The molecular weight excluding hydrogens is 270 g/mol. The molecule has 19 heavy (non-hydrogen) atoms. The molecule has 0 aromatic carbocycles. The Hall–Kier alpha value is -1.38. The average Bonchev–Trinajstić information content (AvgIpc) is 2.68. The first-order valence-corrected chi connectivity index (χ1v) is 6.96. The summed E-state index contributed by atoms with van der Waals surface area (Å²) in [5, 5.41) is 19.3. The van der Waals surface area contributed by atoms with Crippen LogP contribution in [0, 0.1) is 6.92 Å². The Morgan fingerprint density at radius 3 is 2.53 bits per heavy atom. The van der Waals surface area contributed by atoms with Crippen molar-refractivity contribution in [3.05, 3.63) is 21.7 Å². The monoisotopic (exact) mass is 285 g/mol. The maximum atomic E-state index is 12.4. The predicted octanol–water partition coefficient (Wildman–Crippen LogP) is -1.02. The molecule has 1 saturated heterocycles. The lowest BCUT2D eigenvalue weighted by Crippen LogP contribution is -2.32. The number of aromatic nitrogens is 2. The highest BCUT2D eigenvalue weighted by Gasteiger charge is 2.34. The van der Waals surface area contributed by atoms with Gasteiger partial charge in [0.1, 0.15) is 5.03 Å². The van der Waals surface area contributed by atoms with Gasteiger partial charge in [0, 0.05) is 18.8 Å². The number of hydrogen-bond donors (Lipinski definition) is 3. The van der Waals surface area contributed by atoms with Gasteiger partial charge in [0.15, 0.2) is 0 Å². The third kappa shape index (κ3) is 2.65. The van der Waals surface area contributed by atoms with Gasteiger partial charge >= 0.3 is 5.69 Å². The van der Waals surface area contributed by atoms with Crippen molar-refractivity contribution in [3.63, 3.8) is 0 Å². The number of aliphatic hydroxyl groups is 2. The van der Waals surface area contributed by atoms with E-state index in [0.29, 0.717) is 16.3 Å². The zero-order chi connectivity index (χ0) is 14.2. The van der Waals surface area contributed by atoms with Crippen LogP contribution < -0.4 is 5.69 Å². The number of H-pyrrole nitrogens is 1. The molecule has 1 aliphatic rings. The molecule has 3 N–H and O–H groups in total. The van der Waals surface area contributed by atoms with E-state index in [1.54, 1.807) is 13.2 Å². The van der Waals surface area contributed by atoms with E-state index in [2.05, 4.69) is 9.97 Å². The highest BCUT2D eigenvalue weighted by atomic mass is 32.2. The van der Waals surface area contributed by atoms with Crippen molar-refractivity contribution in [3.8, 4) is 0 Å². The lowest BCUT2D eigenvalue weighted by molar-refractivity contribution is 0.0572. The molecule has 104 valence electrons. The van der Waals surface area contributed by atoms with Gasteiger partial charge in [0.25, 0.3) is 5.91 Å². The molecular formula is C11H15N3O4S. The first-order chi connectivity index (χ1) is 8.93. The standard InChI is InChI=1S/C11H15N3O4S/c1-5-8(9(19-2)13-11(18)12-5)10(17)14-3-6(15)7(16)4-14/h6-7,15-16H,3-4H2,1-2H3,(H,12,13,18)/t6-,7+. The predicted molar refractivity (Wildman–Crippen MR) is 69.3 cm³/mol. The number of aliphatic hydroxyl groups excluding tert-OH is 2. The van der Waals surface area contributed by atoms with Gasteiger partial charge in [-0.2, -0.15) is 4.98 Å². The van der Waals surface area contributed by atoms with Crippen LogP contribution in [0.1, 0.15) is 16.1 Å². The van der Waals surface area contributed by atoms with Gasteiger partial charge in [-0.05, 0) is 13.2 Å². The van der Waals surface area contributed by atoms with Crippen molar-refractivity contribution < 1.29 is 15.0 Å². The number of nitrogens with one attached hydrogen (secondary N) is 1. The maximum absolute atomic E-state index is 12.4. The van der Waals surface area contributed by atoms with Crippen LogP contribution in [0.25, 0.3) is 0 Å². The molecule has 0 aliphatic carbocycles. The molecule has 8 heteroatoms. The van der Waals surface area contributed by atoms with Crippen molar-refractivity contribution in [2.75, 3.05) is 19.3 Å². The molecule has 0 bridgehead atoms. The lowest BCUT2D eigenvalue weighted by atomic mass is 10.2. The molecule has 0 unspecified atom stereocenters. The number of nitrogens with zero attached hydrogens (tertiary/aromatic N) is 2. The quantitative estimate of drug-likeness (QED) is 0.474. The summed E-state index contributed by atoms with van der Waals surface area (Å²) in [7, 11) is 0. The molecule has 1 fully saturated rings. The highest BCUT2D eigenvalue weighted by Crippen LogP contribution is 2.22. The second-order valence-electron chi connectivity index (χ2n) is 4.40. The Labute approximate surface area is 113 Å². The summed E-state index contributed by atoms with van der Waals surface area (Å²) in [6.07, 6.45) is -0.138. The molecule has 1 aromatic rings. The van der Waals surface area contributed by atoms with E-state index in [0.717, 1.165) is 0 Å². The number of likely N-dealkylation sites (tertiary alicyclic amines) is 1. The van der Waals surface area contributed by atoms with Crippen molar-refractivity contribution >= 4 is 17.7 Å². The van der Waals surface area contributed by atoms with Crippen LogP contribution >= 0.6 is 11.8 Å². The van der Waals surface area contributed by atoms with Crippen LogP contribution in [0.2, 0.25) is 0 Å². The summed E-state index contributed by atoms with van der Waals surface area (Å²) >= 11 is 1.21. The number of amides is 1. The second-order valence-corrected chi connectivity index (χ2v) is 5.19. The van der Waals surface area contributed by atoms with Gasteiger partial charge in [0.05, 0.1) is 17.8 Å². The van der Waals surface area contributed by atoms with E-state index in [1.807, 2.05) is 0 Å². The summed E-state index contributed by atoms with van der Waals surface area (Å²) in [5.74, 6) is -0.346. The normalized spacial score (nSPS) is 22.8. The minimum Gasteiger partial charge on any atom is -0.388 e. The maximum Gasteiger partial charge on any atom is 0.346 e. The fourth-order valence-electron chi connectivity index (χ4n) is 2.05. The number of β-amino-alcohol motifs (C(OH)–C–C–N with tert-alkyl or cyclic N) is 2. The van der Waals surface area contributed by atoms with Crippen LogP contribution in [0.5, 0.6) is 0 Å². The van der Waals surface area contributed by atoms with Crippen molar-refractivity contribution in [1.82, 2.24) is 14.9 Å². The van der Waals surface area contributed by atoms with E-state index in [-0.39, 0.29) is 19.0 Å². The van der Waals surface area contributed by atoms with E-state index in [9.17, 15) is 19.8 Å². The molecule has 0 spiro atoms. The minimum atomic E-state index is -0.933. The van der Waals surface area contributed by atoms with Crippen LogP contribution in [-0.2, 0) is 0 Å².